The van der Waals surface area contributed by atoms with E-state index in [0.29, 0.717) is 31.1 Å². The Bertz CT molecular complexity index is 791. The third-order valence-corrected chi connectivity index (χ3v) is 6.83. The van der Waals surface area contributed by atoms with Gasteiger partial charge in [0.05, 0.1) is 10.6 Å². The third-order valence-electron chi connectivity index (χ3n) is 4.12. The fourth-order valence-electron chi connectivity index (χ4n) is 2.71. The summed E-state index contributed by atoms with van der Waals surface area (Å²) in [6.45, 7) is 3.55. The highest BCUT2D eigenvalue weighted by atomic mass is 32.2. The summed E-state index contributed by atoms with van der Waals surface area (Å²) in [5.74, 6) is -0.00725. The van der Waals surface area contributed by atoms with Crippen LogP contribution in [0.15, 0.2) is 41.8 Å². The van der Waals surface area contributed by atoms with E-state index in [-0.39, 0.29) is 11.7 Å². The van der Waals surface area contributed by atoms with Crippen LogP contribution >= 0.6 is 11.3 Å². The first-order valence-electron chi connectivity index (χ1n) is 7.82. The molecule has 3 rings (SSSR count). The van der Waals surface area contributed by atoms with Crippen LogP contribution in [0.25, 0.3) is 0 Å². The van der Waals surface area contributed by atoms with Gasteiger partial charge in [-0.05, 0) is 23.9 Å². The third kappa shape index (κ3) is 3.85. The second kappa shape index (κ2) is 7.04. The van der Waals surface area contributed by atoms with Gasteiger partial charge in [-0.2, -0.15) is 4.31 Å². The number of sulfonamides is 1. The van der Waals surface area contributed by atoms with Gasteiger partial charge in [-0.1, -0.05) is 35.9 Å². The molecule has 1 saturated heterocycles. The van der Waals surface area contributed by atoms with Gasteiger partial charge in [0.2, 0.25) is 10.0 Å². The minimum absolute atomic E-state index is 0.00610. The highest BCUT2D eigenvalue weighted by Crippen LogP contribution is 2.17. The lowest BCUT2D eigenvalue weighted by Crippen LogP contribution is -2.50. The van der Waals surface area contributed by atoms with Crippen LogP contribution in [0.2, 0.25) is 0 Å². The van der Waals surface area contributed by atoms with E-state index >= 15 is 0 Å². The maximum absolute atomic E-state index is 12.6. The molecule has 2 aromatic rings. The van der Waals surface area contributed by atoms with Crippen LogP contribution in [0, 0.1) is 6.92 Å². The van der Waals surface area contributed by atoms with Crippen LogP contribution in [0.1, 0.15) is 20.8 Å². The van der Waals surface area contributed by atoms with Crippen LogP contribution < -0.4 is 0 Å². The van der Waals surface area contributed by atoms with Crippen LogP contribution in [-0.2, 0) is 15.8 Å². The van der Waals surface area contributed by atoms with Crippen molar-refractivity contribution in [3.05, 3.63) is 57.8 Å². The Labute approximate surface area is 146 Å². The van der Waals surface area contributed by atoms with Gasteiger partial charge in [-0.15, -0.1) is 11.3 Å². The van der Waals surface area contributed by atoms with Crippen LogP contribution in [0.3, 0.4) is 0 Å². The first-order chi connectivity index (χ1) is 11.5. The van der Waals surface area contributed by atoms with Crippen LogP contribution in [0.5, 0.6) is 0 Å². The molecule has 0 N–H and O–H groups in total. The highest BCUT2D eigenvalue weighted by Gasteiger charge is 2.29. The zero-order chi connectivity index (χ0) is 17.2. The number of carbonyl (C=O) groups excluding carboxylic acids is 1. The number of thiophene rings is 1. The number of carbonyl (C=O) groups is 1. The van der Waals surface area contributed by atoms with E-state index in [0.717, 1.165) is 11.1 Å². The summed E-state index contributed by atoms with van der Waals surface area (Å²) in [6.07, 6.45) is 0. The maximum atomic E-state index is 12.6. The normalized spacial score (nSPS) is 16.3. The number of rotatable bonds is 4. The van der Waals surface area contributed by atoms with E-state index in [4.69, 9.17) is 0 Å². The van der Waals surface area contributed by atoms with Gasteiger partial charge < -0.3 is 4.90 Å². The van der Waals surface area contributed by atoms with Crippen molar-refractivity contribution in [1.82, 2.24) is 9.21 Å². The lowest BCUT2D eigenvalue weighted by atomic mass is 10.2. The van der Waals surface area contributed by atoms with Crippen LogP contribution in [-0.4, -0.2) is 49.7 Å². The van der Waals surface area contributed by atoms with Gasteiger partial charge in [0.15, 0.2) is 0 Å². The summed E-state index contributed by atoms with van der Waals surface area (Å²) in [5.41, 5.74) is 1.90. The van der Waals surface area contributed by atoms with Gasteiger partial charge >= 0.3 is 0 Å². The van der Waals surface area contributed by atoms with Gasteiger partial charge in [0.25, 0.3) is 5.91 Å². The Kier molecular flexibility index (Phi) is 5.03. The lowest BCUT2D eigenvalue weighted by molar-refractivity contribution is 0.0702. The van der Waals surface area contributed by atoms with E-state index < -0.39 is 10.0 Å². The van der Waals surface area contributed by atoms with Gasteiger partial charge in [0.1, 0.15) is 0 Å². The summed E-state index contributed by atoms with van der Waals surface area (Å²) in [5, 5.41) is 1.87. The number of nitrogens with zero attached hydrogens (tertiary/aromatic N) is 2. The molecular weight excluding hydrogens is 344 g/mol. The molecular formula is C17H20N2O3S2. The molecule has 24 heavy (non-hydrogen) atoms. The standard InChI is InChI=1S/C17H20N2O3S2/c1-14-4-6-15(7-5-14)13-24(21,22)19-10-8-18(9-11-19)17(20)16-3-2-12-23-16/h2-7,12H,8-11,13H2,1H3. The minimum Gasteiger partial charge on any atom is -0.335 e. The number of piperazine rings is 1. The highest BCUT2D eigenvalue weighted by molar-refractivity contribution is 7.88. The van der Waals surface area contributed by atoms with E-state index in [9.17, 15) is 13.2 Å². The Balaban J connectivity index is 1.61. The average Bonchev–Trinajstić information content (AvgIpc) is 3.11. The molecule has 5 nitrogen and oxygen atoms in total. The second-order valence-electron chi connectivity index (χ2n) is 5.91. The molecule has 128 valence electrons. The fraction of sp³-hybridized carbons (Fsp3) is 0.353. The zero-order valence-electron chi connectivity index (χ0n) is 13.5. The van der Waals surface area contributed by atoms with Crippen molar-refractivity contribution in [1.29, 1.82) is 0 Å². The van der Waals surface area contributed by atoms with E-state index in [1.807, 2.05) is 42.6 Å². The predicted molar refractivity (Wildman–Crippen MR) is 95.6 cm³/mol. The van der Waals surface area contributed by atoms with Gasteiger partial charge in [-0.3, -0.25) is 4.79 Å². The molecule has 1 amide bonds. The maximum Gasteiger partial charge on any atom is 0.264 e. The summed E-state index contributed by atoms with van der Waals surface area (Å²) in [4.78, 5) is 14.7. The van der Waals surface area contributed by atoms with Crippen molar-refractivity contribution in [2.24, 2.45) is 0 Å². The molecule has 0 spiro atoms. The molecule has 2 heterocycles. The lowest BCUT2D eigenvalue weighted by Gasteiger charge is -2.33. The first-order valence-corrected chi connectivity index (χ1v) is 10.3. The van der Waals surface area contributed by atoms with Gasteiger partial charge in [0, 0.05) is 26.2 Å². The quantitative estimate of drug-likeness (QED) is 0.837. The van der Waals surface area contributed by atoms with Crippen molar-refractivity contribution in [3.8, 4) is 0 Å². The number of hydrogen-bond acceptors (Lipinski definition) is 4. The number of aryl methyl sites for hydroxylation is 1. The Morgan fingerprint density at radius 1 is 1.08 bits per heavy atom. The van der Waals surface area contributed by atoms with Crippen molar-refractivity contribution in [2.75, 3.05) is 26.2 Å². The average molecular weight is 364 g/mol. The molecule has 0 bridgehead atoms. The molecule has 7 heteroatoms. The fourth-order valence-corrected chi connectivity index (χ4v) is 4.92. The summed E-state index contributed by atoms with van der Waals surface area (Å²) in [7, 11) is -3.35. The Morgan fingerprint density at radius 2 is 1.75 bits per heavy atom. The van der Waals surface area contributed by atoms with E-state index in [2.05, 4.69) is 0 Å². The molecule has 1 aromatic heterocycles. The summed E-state index contributed by atoms with van der Waals surface area (Å²) >= 11 is 1.41. The molecule has 1 aliphatic heterocycles. The SMILES string of the molecule is Cc1ccc(CS(=O)(=O)N2CCN(C(=O)c3cccs3)CC2)cc1. The number of amides is 1. The minimum atomic E-state index is -3.35. The monoisotopic (exact) mass is 364 g/mol. The largest absolute Gasteiger partial charge is 0.335 e. The Hall–Kier alpha value is -1.70. The molecule has 0 atom stereocenters. The molecule has 1 fully saturated rings. The smallest absolute Gasteiger partial charge is 0.264 e. The van der Waals surface area contributed by atoms with Crippen molar-refractivity contribution < 1.29 is 13.2 Å². The van der Waals surface area contributed by atoms with E-state index in [1.165, 1.54) is 15.6 Å². The molecule has 0 unspecified atom stereocenters. The second-order valence-corrected chi connectivity index (χ2v) is 8.83. The topological polar surface area (TPSA) is 57.7 Å². The van der Waals surface area contributed by atoms with Crippen LogP contribution in [0.4, 0.5) is 0 Å². The number of benzene rings is 1. The molecule has 0 aliphatic carbocycles. The van der Waals surface area contributed by atoms with Gasteiger partial charge in [-0.25, -0.2) is 8.42 Å². The summed E-state index contributed by atoms with van der Waals surface area (Å²) < 4.78 is 26.6. The summed E-state index contributed by atoms with van der Waals surface area (Å²) in [6, 6.07) is 11.2. The molecule has 0 radical (unpaired) electrons. The van der Waals surface area contributed by atoms with E-state index in [1.54, 1.807) is 11.0 Å². The zero-order valence-corrected chi connectivity index (χ0v) is 15.1. The molecule has 0 saturated carbocycles. The molecule has 1 aliphatic rings. The first kappa shape index (κ1) is 17.1. The van der Waals surface area contributed by atoms with Crippen molar-refractivity contribution in [3.63, 3.8) is 0 Å². The molecule has 1 aromatic carbocycles. The van der Waals surface area contributed by atoms with Crippen molar-refractivity contribution in [2.45, 2.75) is 12.7 Å². The predicted octanol–water partition coefficient (Wildman–Crippen LogP) is 2.34. The van der Waals surface area contributed by atoms with Crippen molar-refractivity contribution >= 4 is 27.3 Å². The Morgan fingerprint density at radius 3 is 2.33 bits per heavy atom. The number of hydrogen-bond donors (Lipinski definition) is 0.